The number of amides is 3. The molecule has 2 heterocycles. The highest BCUT2D eigenvalue weighted by molar-refractivity contribution is 8.01. The maximum absolute atomic E-state index is 14.1. The molecule has 1 saturated carbocycles. The number of urea groups is 1. The normalized spacial score (nSPS) is 22.7. The number of hydrogen-bond acceptors (Lipinski definition) is 4. The summed E-state index contributed by atoms with van der Waals surface area (Å²) in [6.45, 7) is 0.916. The largest absolute Gasteiger partial charge is 0.497 e. The number of halogens is 1. The summed E-state index contributed by atoms with van der Waals surface area (Å²) in [5, 5.41) is 3.77. The van der Waals surface area contributed by atoms with Crippen molar-refractivity contribution in [3.05, 3.63) is 58.6 Å². The molecule has 2 aromatic rings. The van der Waals surface area contributed by atoms with E-state index in [4.69, 9.17) is 16.3 Å². The smallest absolute Gasteiger partial charge is 0.319 e. The van der Waals surface area contributed by atoms with E-state index in [9.17, 15) is 9.59 Å². The van der Waals surface area contributed by atoms with Crippen LogP contribution in [0.4, 0.5) is 10.5 Å². The Morgan fingerprint density at radius 2 is 2.03 bits per heavy atom. The van der Waals surface area contributed by atoms with Crippen LogP contribution in [0, 0.1) is 0 Å². The molecule has 1 atom stereocenters. The number of fused-ring (bicyclic) bond motifs is 2. The number of nitrogens with zero attached hydrogens (tertiary/aromatic N) is 2. The molecule has 0 unspecified atom stereocenters. The molecule has 1 N–H and O–H groups in total. The van der Waals surface area contributed by atoms with Gasteiger partial charge in [0.1, 0.15) is 5.75 Å². The van der Waals surface area contributed by atoms with Gasteiger partial charge in [0.25, 0.3) is 5.91 Å². The second-order valence-electron chi connectivity index (χ2n) is 8.83. The molecule has 0 aromatic heterocycles. The van der Waals surface area contributed by atoms with E-state index in [-0.39, 0.29) is 18.0 Å². The summed E-state index contributed by atoms with van der Waals surface area (Å²) in [5.41, 5.74) is 2.56. The van der Waals surface area contributed by atoms with Crippen LogP contribution in [0.5, 0.6) is 5.75 Å². The average Bonchev–Trinajstić information content (AvgIpc) is 3.37. The number of methoxy groups -OCH3 is 1. The molecule has 174 valence electrons. The van der Waals surface area contributed by atoms with Crippen molar-refractivity contribution in [2.75, 3.05) is 24.3 Å². The predicted molar refractivity (Wildman–Crippen MR) is 132 cm³/mol. The summed E-state index contributed by atoms with van der Waals surface area (Å²) >= 11 is 7.91. The molecule has 0 radical (unpaired) electrons. The van der Waals surface area contributed by atoms with E-state index in [0.717, 1.165) is 48.2 Å². The maximum atomic E-state index is 14.1. The zero-order valence-corrected chi connectivity index (χ0v) is 20.3. The number of carbonyl (C=O) groups excluding carboxylic acids is 2. The van der Waals surface area contributed by atoms with E-state index in [0.29, 0.717) is 23.9 Å². The van der Waals surface area contributed by atoms with Gasteiger partial charge in [-0.05, 0) is 48.7 Å². The summed E-state index contributed by atoms with van der Waals surface area (Å²) < 4.78 is 5.36. The van der Waals surface area contributed by atoms with Crippen LogP contribution in [-0.2, 0) is 16.2 Å². The number of ether oxygens (including phenoxy) is 1. The molecule has 2 aliphatic heterocycles. The molecule has 3 amide bonds. The lowest BCUT2D eigenvalue weighted by atomic mass is 9.95. The van der Waals surface area contributed by atoms with Crippen molar-refractivity contribution in [2.24, 2.45) is 0 Å². The van der Waals surface area contributed by atoms with Crippen LogP contribution in [0.15, 0.2) is 42.5 Å². The molecule has 2 aromatic carbocycles. The van der Waals surface area contributed by atoms with Crippen molar-refractivity contribution in [3.63, 3.8) is 0 Å². The van der Waals surface area contributed by atoms with E-state index in [2.05, 4.69) is 5.32 Å². The van der Waals surface area contributed by atoms with Crippen molar-refractivity contribution in [3.8, 4) is 5.75 Å². The van der Waals surface area contributed by atoms with Crippen LogP contribution in [-0.4, -0.2) is 42.3 Å². The molecule has 5 rings (SSSR count). The van der Waals surface area contributed by atoms with Gasteiger partial charge in [-0.3, -0.25) is 9.69 Å². The Balaban J connectivity index is 1.49. The van der Waals surface area contributed by atoms with Gasteiger partial charge in [0, 0.05) is 28.9 Å². The van der Waals surface area contributed by atoms with Gasteiger partial charge in [0.05, 0.1) is 19.3 Å². The molecular weight excluding hydrogens is 458 g/mol. The number of thioether (sulfide) groups is 1. The van der Waals surface area contributed by atoms with Crippen LogP contribution in [0.2, 0.25) is 5.02 Å². The van der Waals surface area contributed by atoms with E-state index in [1.165, 1.54) is 18.2 Å². The molecule has 6 nitrogen and oxygen atoms in total. The Bertz CT molecular complexity index is 1070. The first-order chi connectivity index (χ1) is 16.0. The predicted octanol–water partition coefficient (Wildman–Crippen LogP) is 5.14. The quantitative estimate of drug-likeness (QED) is 0.651. The summed E-state index contributed by atoms with van der Waals surface area (Å²) in [6.07, 6.45) is 5.49. The molecule has 33 heavy (non-hydrogen) atoms. The molecule has 3 aliphatic rings. The van der Waals surface area contributed by atoms with Crippen molar-refractivity contribution >= 4 is 41.0 Å². The lowest BCUT2D eigenvalue weighted by Gasteiger charge is -2.35. The number of hydrogen-bond donors (Lipinski definition) is 1. The van der Waals surface area contributed by atoms with E-state index >= 15 is 0 Å². The van der Waals surface area contributed by atoms with Crippen molar-refractivity contribution in [1.29, 1.82) is 0 Å². The average molecular weight is 486 g/mol. The first-order valence-corrected chi connectivity index (χ1v) is 12.9. The number of carbonyl (C=O) groups is 2. The van der Waals surface area contributed by atoms with E-state index in [1.54, 1.807) is 23.0 Å². The van der Waals surface area contributed by atoms with Gasteiger partial charge in [-0.2, -0.15) is 0 Å². The fourth-order valence-electron chi connectivity index (χ4n) is 5.20. The van der Waals surface area contributed by atoms with Crippen LogP contribution >= 0.6 is 23.4 Å². The van der Waals surface area contributed by atoms with Crippen LogP contribution in [0.1, 0.15) is 43.2 Å². The molecule has 2 fully saturated rings. The molecule has 1 saturated heterocycles. The third-order valence-electron chi connectivity index (χ3n) is 6.81. The van der Waals surface area contributed by atoms with Crippen molar-refractivity contribution < 1.29 is 14.3 Å². The Kier molecular flexibility index (Phi) is 6.18. The van der Waals surface area contributed by atoms with Gasteiger partial charge >= 0.3 is 6.03 Å². The standard InChI is InChI=1S/C25H28ClN3O3S/c1-32-20-9-5-6-17(14-20)16-28-22-11-10-18(26)15-21(22)25(23(28)30)29(12-13-33-25)24(31)27-19-7-3-2-4-8-19/h5-6,9-11,14-15,19H,2-4,7-8,12-13,16H2,1H3,(H,27,31)/t25-/m1/s1. The minimum absolute atomic E-state index is 0.0936. The Labute approximate surface area is 203 Å². The lowest BCUT2D eigenvalue weighted by Crippen LogP contribution is -2.55. The number of nitrogens with one attached hydrogen (secondary N) is 1. The summed E-state index contributed by atoms with van der Waals surface area (Å²) in [6, 6.07) is 13.3. The van der Waals surface area contributed by atoms with Gasteiger partial charge < -0.3 is 15.0 Å². The zero-order chi connectivity index (χ0) is 23.0. The van der Waals surface area contributed by atoms with Gasteiger partial charge in [0.15, 0.2) is 4.87 Å². The van der Waals surface area contributed by atoms with Crippen LogP contribution in [0.3, 0.4) is 0 Å². The van der Waals surface area contributed by atoms with E-state index in [1.807, 2.05) is 36.4 Å². The first-order valence-electron chi connectivity index (χ1n) is 11.5. The maximum Gasteiger partial charge on any atom is 0.319 e. The summed E-state index contributed by atoms with van der Waals surface area (Å²) in [4.78, 5) is 29.9. The summed E-state index contributed by atoms with van der Waals surface area (Å²) in [5.74, 6) is 1.35. The van der Waals surface area contributed by atoms with Crippen LogP contribution < -0.4 is 15.0 Å². The molecule has 1 spiro atoms. The molecule has 8 heteroatoms. The highest BCUT2D eigenvalue weighted by Gasteiger charge is 2.59. The molecule has 1 aliphatic carbocycles. The Morgan fingerprint density at radius 3 is 2.82 bits per heavy atom. The highest BCUT2D eigenvalue weighted by Crippen LogP contribution is 2.55. The Morgan fingerprint density at radius 1 is 1.21 bits per heavy atom. The minimum Gasteiger partial charge on any atom is -0.497 e. The fraction of sp³-hybridized carbons (Fsp3) is 0.440. The van der Waals surface area contributed by atoms with Gasteiger partial charge in [-0.1, -0.05) is 43.0 Å². The van der Waals surface area contributed by atoms with Gasteiger partial charge in [-0.25, -0.2) is 4.79 Å². The van der Waals surface area contributed by atoms with Crippen LogP contribution in [0.25, 0.3) is 0 Å². The monoisotopic (exact) mass is 485 g/mol. The minimum atomic E-state index is -1.09. The number of benzene rings is 2. The topological polar surface area (TPSA) is 61.9 Å². The molecule has 0 bridgehead atoms. The fourth-order valence-corrected chi connectivity index (χ4v) is 6.82. The number of rotatable bonds is 4. The number of anilines is 1. The lowest BCUT2D eigenvalue weighted by molar-refractivity contribution is -0.123. The first kappa shape index (κ1) is 22.4. The second-order valence-corrected chi connectivity index (χ2v) is 10.6. The second kappa shape index (κ2) is 9.11. The van der Waals surface area contributed by atoms with Gasteiger partial charge in [0.2, 0.25) is 0 Å². The van der Waals surface area contributed by atoms with Crippen molar-refractivity contribution in [1.82, 2.24) is 10.2 Å². The third kappa shape index (κ3) is 3.95. The van der Waals surface area contributed by atoms with Crippen molar-refractivity contribution in [2.45, 2.75) is 49.6 Å². The zero-order valence-electron chi connectivity index (χ0n) is 18.7. The Hall–Kier alpha value is -2.38. The SMILES string of the molecule is COc1cccc(CN2C(=O)[C@]3(SCCN3C(=O)NC3CCCCC3)c3cc(Cl)ccc32)c1. The molecular formula is C25H28ClN3O3S. The van der Waals surface area contributed by atoms with E-state index < -0.39 is 4.87 Å². The summed E-state index contributed by atoms with van der Waals surface area (Å²) in [7, 11) is 1.63. The highest BCUT2D eigenvalue weighted by atomic mass is 35.5. The third-order valence-corrected chi connectivity index (χ3v) is 8.46. The van der Waals surface area contributed by atoms with Gasteiger partial charge in [-0.15, -0.1) is 11.8 Å².